The molecule has 8 nitrogen and oxygen atoms in total. The number of aliphatic hydroxyl groups excluding tert-OH is 1. The molecule has 1 aliphatic heterocycles. The monoisotopic (exact) mass is 487 g/mol. The highest BCUT2D eigenvalue weighted by Crippen LogP contribution is 2.30. The maximum absolute atomic E-state index is 11.2. The minimum atomic E-state index is -1.38. The first-order valence-electron chi connectivity index (χ1n) is 11.2. The van der Waals surface area contributed by atoms with E-state index in [2.05, 4.69) is 9.88 Å². The van der Waals surface area contributed by atoms with Crippen LogP contribution in [0.15, 0.2) is 61.2 Å². The summed E-state index contributed by atoms with van der Waals surface area (Å²) in [6, 6.07) is 12.8. The number of methoxy groups -OCH3 is 1. The third-order valence-corrected chi connectivity index (χ3v) is 6.19. The fraction of sp³-hybridized carbons (Fsp3) is 0.400. The highest BCUT2D eigenvalue weighted by atomic mass is 35.5. The zero-order chi connectivity index (χ0) is 24.0. The van der Waals surface area contributed by atoms with Crippen LogP contribution in [0.1, 0.15) is 12.0 Å². The first-order valence-corrected chi connectivity index (χ1v) is 11.6. The molecule has 1 aromatic heterocycles. The van der Waals surface area contributed by atoms with E-state index in [-0.39, 0.29) is 13.2 Å². The zero-order valence-corrected chi connectivity index (χ0v) is 19.9. The normalized spacial score (nSPS) is 20.8. The van der Waals surface area contributed by atoms with Gasteiger partial charge in [-0.3, -0.25) is 4.90 Å². The van der Waals surface area contributed by atoms with Crippen molar-refractivity contribution in [2.45, 2.75) is 31.2 Å². The van der Waals surface area contributed by atoms with Gasteiger partial charge in [0.25, 0.3) is 0 Å². The molecule has 2 heterocycles. The van der Waals surface area contributed by atoms with Crippen LogP contribution in [0, 0.1) is 0 Å². The van der Waals surface area contributed by atoms with E-state index >= 15 is 0 Å². The number of aromatic nitrogens is 2. The molecule has 2 aromatic carbocycles. The van der Waals surface area contributed by atoms with Gasteiger partial charge in [0.15, 0.2) is 11.5 Å². The Morgan fingerprint density at radius 3 is 2.71 bits per heavy atom. The summed E-state index contributed by atoms with van der Waals surface area (Å²) in [6.45, 7) is 2.68. The third kappa shape index (κ3) is 6.21. The summed E-state index contributed by atoms with van der Waals surface area (Å²) in [6.07, 6.45) is 4.96. The van der Waals surface area contributed by atoms with E-state index in [9.17, 15) is 10.2 Å². The molecule has 3 aromatic rings. The number of halogens is 1. The number of hydrogen-bond acceptors (Lipinski definition) is 7. The van der Waals surface area contributed by atoms with E-state index in [0.717, 1.165) is 5.56 Å². The van der Waals surface area contributed by atoms with Crippen LogP contribution in [-0.2, 0) is 13.1 Å². The van der Waals surface area contributed by atoms with Gasteiger partial charge in [-0.15, -0.1) is 0 Å². The SMILES string of the molecule is COc1ccc(CN2CC[C@H](O)[C@@](O)(COc3ccc(Cl)cc3)C2)cc1OCCn1ccnc1. The smallest absolute Gasteiger partial charge is 0.161 e. The second-order valence-corrected chi connectivity index (χ2v) is 8.93. The number of β-amino-alcohol motifs (C(OH)–C–C–N with tert-alkyl or cyclic N) is 1. The lowest BCUT2D eigenvalue weighted by atomic mass is 9.90. The molecule has 9 heteroatoms. The molecule has 2 N–H and O–H groups in total. The molecule has 1 aliphatic rings. The predicted octanol–water partition coefficient (Wildman–Crippen LogP) is 3.00. The lowest BCUT2D eigenvalue weighted by Crippen LogP contribution is -2.59. The third-order valence-electron chi connectivity index (χ3n) is 5.94. The van der Waals surface area contributed by atoms with Crippen molar-refractivity contribution in [1.29, 1.82) is 0 Å². The Bertz CT molecular complexity index is 1050. The Balaban J connectivity index is 1.37. The van der Waals surface area contributed by atoms with Gasteiger partial charge in [0.2, 0.25) is 0 Å². The molecule has 2 atom stereocenters. The topological polar surface area (TPSA) is 89.2 Å². The van der Waals surface area contributed by atoms with Crippen molar-refractivity contribution >= 4 is 11.6 Å². The average Bonchev–Trinajstić information content (AvgIpc) is 3.35. The molecule has 0 radical (unpaired) electrons. The van der Waals surface area contributed by atoms with Gasteiger partial charge in [-0.05, 0) is 48.4 Å². The van der Waals surface area contributed by atoms with E-state index in [1.807, 2.05) is 29.0 Å². The number of piperidine rings is 1. The highest BCUT2D eigenvalue weighted by molar-refractivity contribution is 6.30. The summed E-state index contributed by atoms with van der Waals surface area (Å²) >= 11 is 5.92. The Kier molecular flexibility index (Phi) is 7.95. The molecule has 0 bridgehead atoms. The minimum Gasteiger partial charge on any atom is -0.493 e. The second kappa shape index (κ2) is 11.1. The van der Waals surface area contributed by atoms with Crippen molar-refractivity contribution in [2.75, 3.05) is 33.4 Å². The average molecular weight is 488 g/mol. The van der Waals surface area contributed by atoms with Crippen molar-refractivity contribution in [2.24, 2.45) is 0 Å². The molecule has 0 unspecified atom stereocenters. The first-order chi connectivity index (χ1) is 16.4. The van der Waals surface area contributed by atoms with Gasteiger partial charge in [-0.25, -0.2) is 4.98 Å². The maximum Gasteiger partial charge on any atom is 0.161 e. The van der Waals surface area contributed by atoms with Crippen molar-refractivity contribution in [3.05, 3.63) is 71.8 Å². The van der Waals surface area contributed by atoms with Gasteiger partial charge in [0.05, 0.1) is 26.1 Å². The van der Waals surface area contributed by atoms with Crippen LogP contribution < -0.4 is 14.2 Å². The van der Waals surface area contributed by atoms with Crippen LogP contribution in [0.4, 0.5) is 0 Å². The van der Waals surface area contributed by atoms with Crippen molar-refractivity contribution in [3.63, 3.8) is 0 Å². The largest absolute Gasteiger partial charge is 0.493 e. The Hall–Kier alpha value is -2.78. The summed E-state index contributed by atoms with van der Waals surface area (Å²) in [7, 11) is 1.62. The molecule has 0 aliphatic carbocycles. The Labute approximate surface area is 204 Å². The number of benzene rings is 2. The lowest BCUT2D eigenvalue weighted by molar-refractivity contribution is -0.140. The number of hydrogen-bond donors (Lipinski definition) is 2. The fourth-order valence-corrected chi connectivity index (χ4v) is 4.16. The van der Waals surface area contributed by atoms with Gasteiger partial charge in [0, 0.05) is 37.1 Å². The Morgan fingerprint density at radius 2 is 1.97 bits per heavy atom. The number of ether oxygens (including phenoxy) is 3. The van der Waals surface area contributed by atoms with E-state index in [1.54, 1.807) is 43.9 Å². The van der Waals surface area contributed by atoms with Crippen LogP contribution in [0.5, 0.6) is 17.2 Å². The number of likely N-dealkylation sites (tertiary alicyclic amines) is 1. The number of imidazole rings is 1. The van der Waals surface area contributed by atoms with Gasteiger partial charge in [0.1, 0.15) is 24.6 Å². The summed E-state index contributed by atoms with van der Waals surface area (Å²) < 4.78 is 19.1. The number of nitrogens with zero attached hydrogens (tertiary/aromatic N) is 3. The predicted molar refractivity (Wildman–Crippen MR) is 129 cm³/mol. The van der Waals surface area contributed by atoms with Gasteiger partial charge >= 0.3 is 0 Å². The molecule has 0 amide bonds. The molecule has 1 saturated heterocycles. The van der Waals surface area contributed by atoms with Gasteiger partial charge in [-0.1, -0.05) is 17.7 Å². The standard InChI is InChI=1S/C25H30ClN3O5/c1-32-22-7-2-19(14-23(22)33-13-12-28-11-9-27-18-28)15-29-10-8-24(30)25(31,16-29)17-34-21-5-3-20(26)4-6-21/h2-7,9,11,14,18,24,30-31H,8,10,12-13,15-17H2,1H3/t24-,25-/m0/s1. The van der Waals surface area contributed by atoms with Crippen LogP contribution >= 0.6 is 11.6 Å². The molecule has 4 rings (SSSR count). The van der Waals surface area contributed by atoms with Crippen LogP contribution in [0.2, 0.25) is 5.02 Å². The maximum atomic E-state index is 11.2. The molecular weight excluding hydrogens is 458 g/mol. The Morgan fingerprint density at radius 1 is 1.15 bits per heavy atom. The van der Waals surface area contributed by atoms with Gasteiger partial charge in [-0.2, -0.15) is 0 Å². The van der Waals surface area contributed by atoms with E-state index in [1.165, 1.54) is 0 Å². The molecule has 0 saturated carbocycles. The second-order valence-electron chi connectivity index (χ2n) is 8.50. The summed E-state index contributed by atoms with van der Waals surface area (Å²) in [4.78, 5) is 6.14. The molecule has 0 spiro atoms. The van der Waals surface area contributed by atoms with Crippen LogP contribution in [0.3, 0.4) is 0 Å². The number of aliphatic hydroxyl groups is 2. The molecule has 182 valence electrons. The van der Waals surface area contributed by atoms with Crippen LogP contribution in [0.25, 0.3) is 0 Å². The van der Waals surface area contributed by atoms with E-state index in [0.29, 0.717) is 54.9 Å². The number of rotatable bonds is 10. The van der Waals surface area contributed by atoms with Crippen molar-refractivity contribution in [1.82, 2.24) is 14.5 Å². The summed E-state index contributed by atoms with van der Waals surface area (Å²) in [5.41, 5.74) is -0.357. The summed E-state index contributed by atoms with van der Waals surface area (Å²) in [5, 5.41) is 22.3. The molecular formula is C25H30ClN3O5. The van der Waals surface area contributed by atoms with E-state index < -0.39 is 11.7 Å². The molecule has 34 heavy (non-hydrogen) atoms. The lowest BCUT2D eigenvalue weighted by Gasteiger charge is -2.42. The molecule has 1 fully saturated rings. The van der Waals surface area contributed by atoms with Crippen LogP contribution in [-0.4, -0.2) is 69.8 Å². The summed E-state index contributed by atoms with van der Waals surface area (Å²) in [5.74, 6) is 1.92. The van der Waals surface area contributed by atoms with Crippen molar-refractivity contribution in [3.8, 4) is 17.2 Å². The first kappa shape index (κ1) is 24.3. The zero-order valence-electron chi connectivity index (χ0n) is 19.1. The fourth-order valence-electron chi connectivity index (χ4n) is 4.03. The van der Waals surface area contributed by atoms with Gasteiger partial charge < -0.3 is 29.0 Å². The minimum absolute atomic E-state index is 0.0163. The quantitative estimate of drug-likeness (QED) is 0.454. The highest BCUT2D eigenvalue weighted by Gasteiger charge is 2.42. The van der Waals surface area contributed by atoms with Crippen molar-refractivity contribution < 1.29 is 24.4 Å². The van der Waals surface area contributed by atoms with E-state index in [4.69, 9.17) is 25.8 Å².